The van der Waals surface area contributed by atoms with E-state index in [1.165, 1.54) is 6.92 Å². The fourth-order valence-corrected chi connectivity index (χ4v) is 2.43. The first-order valence-corrected chi connectivity index (χ1v) is 7.87. The molecule has 1 fully saturated rings. The third-order valence-corrected chi connectivity index (χ3v) is 3.86. The van der Waals surface area contributed by atoms with Crippen molar-refractivity contribution in [2.75, 3.05) is 38.2 Å². The standard InChI is InChI=1S/C12H21N3O4S/c1-9(16)14-4-6-15(7-5-14)12(19)13-10(11(17)18)3-8-20-2/h10H,3-8H2,1-2H3,(H,13,19)(H,17,18)/t10-/m1/s1. The van der Waals surface area contributed by atoms with Crippen molar-refractivity contribution in [1.82, 2.24) is 15.1 Å². The Morgan fingerprint density at radius 3 is 2.20 bits per heavy atom. The van der Waals surface area contributed by atoms with Gasteiger partial charge in [0.2, 0.25) is 5.91 Å². The van der Waals surface area contributed by atoms with E-state index in [0.29, 0.717) is 38.4 Å². The van der Waals surface area contributed by atoms with E-state index in [4.69, 9.17) is 5.11 Å². The summed E-state index contributed by atoms with van der Waals surface area (Å²) in [5, 5.41) is 11.6. The number of nitrogens with one attached hydrogen (secondary N) is 1. The molecule has 3 amide bonds. The van der Waals surface area contributed by atoms with Crippen molar-refractivity contribution >= 4 is 29.7 Å². The van der Waals surface area contributed by atoms with Gasteiger partial charge >= 0.3 is 12.0 Å². The van der Waals surface area contributed by atoms with Gasteiger partial charge in [-0.2, -0.15) is 11.8 Å². The number of carboxylic acids is 1. The fraction of sp³-hybridized carbons (Fsp3) is 0.750. The molecule has 1 aliphatic heterocycles. The van der Waals surface area contributed by atoms with E-state index in [1.54, 1.807) is 21.6 Å². The van der Waals surface area contributed by atoms with Crippen LogP contribution < -0.4 is 5.32 Å². The van der Waals surface area contributed by atoms with Gasteiger partial charge in [0.1, 0.15) is 6.04 Å². The topological polar surface area (TPSA) is 90.0 Å². The molecule has 0 bridgehead atoms. The highest BCUT2D eigenvalue weighted by molar-refractivity contribution is 7.98. The Labute approximate surface area is 122 Å². The number of urea groups is 1. The second-order valence-electron chi connectivity index (χ2n) is 4.61. The summed E-state index contributed by atoms with van der Waals surface area (Å²) < 4.78 is 0. The molecular formula is C12H21N3O4S. The predicted octanol–water partition coefficient (Wildman–Crippen LogP) is 0.0664. The van der Waals surface area contributed by atoms with Crippen molar-refractivity contribution in [3.8, 4) is 0 Å². The molecule has 0 aromatic rings. The summed E-state index contributed by atoms with van der Waals surface area (Å²) in [5.74, 6) is -0.349. The van der Waals surface area contributed by atoms with E-state index >= 15 is 0 Å². The highest BCUT2D eigenvalue weighted by atomic mass is 32.2. The lowest BCUT2D eigenvalue weighted by molar-refractivity contribution is -0.139. The summed E-state index contributed by atoms with van der Waals surface area (Å²) in [4.78, 5) is 37.5. The molecule has 0 spiro atoms. The van der Waals surface area contributed by atoms with E-state index < -0.39 is 12.0 Å². The summed E-state index contributed by atoms with van der Waals surface area (Å²) in [6.45, 7) is 3.34. The third kappa shape index (κ3) is 4.92. The van der Waals surface area contributed by atoms with Crippen molar-refractivity contribution in [3.63, 3.8) is 0 Å². The molecule has 1 rings (SSSR count). The molecule has 8 heteroatoms. The van der Waals surface area contributed by atoms with Crippen LogP contribution in [0.1, 0.15) is 13.3 Å². The molecule has 0 radical (unpaired) electrons. The maximum Gasteiger partial charge on any atom is 0.326 e. The number of amides is 3. The van der Waals surface area contributed by atoms with Crippen LogP contribution in [-0.4, -0.2) is 77.0 Å². The van der Waals surface area contributed by atoms with Crippen LogP contribution in [0.3, 0.4) is 0 Å². The molecule has 0 aliphatic carbocycles. The van der Waals surface area contributed by atoms with Crippen LogP contribution in [0.5, 0.6) is 0 Å². The lowest BCUT2D eigenvalue weighted by atomic mass is 10.2. The molecule has 20 heavy (non-hydrogen) atoms. The Kier molecular flexibility index (Phi) is 6.63. The van der Waals surface area contributed by atoms with Crippen molar-refractivity contribution < 1.29 is 19.5 Å². The van der Waals surface area contributed by atoms with Crippen LogP contribution in [0, 0.1) is 0 Å². The van der Waals surface area contributed by atoms with Crippen LogP contribution in [0.25, 0.3) is 0 Å². The average Bonchev–Trinajstić information content (AvgIpc) is 2.42. The van der Waals surface area contributed by atoms with Gasteiger partial charge in [0.05, 0.1) is 0 Å². The lowest BCUT2D eigenvalue weighted by Crippen LogP contribution is -2.55. The van der Waals surface area contributed by atoms with E-state index in [0.717, 1.165) is 0 Å². The van der Waals surface area contributed by atoms with Crippen molar-refractivity contribution in [2.24, 2.45) is 0 Å². The molecule has 114 valence electrons. The first-order valence-electron chi connectivity index (χ1n) is 6.48. The minimum Gasteiger partial charge on any atom is -0.480 e. The van der Waals surface area contributed by atoms with E-state index in [-0.39, 0.29) is 11.9 Å². The summed E-state index contributed by atoms with van der Waals surface area (Å²) in [6.07, 6.45) is 2.29. The Balaban J connectivity index is 2.45. The molecular weight excluding hydrogens is 282 g/mol. The Bertz CT molecular complexity index is 370. The quantitative estimate of drug-likeness (QED) is 0.750. The minimum atomic E-state index is -1.02. The number of carboxylic acid groups (broad SMARTS) is 1. The number of aliphatic carboxylic acids is 1. The molecule has 1 atom stereocenters. The number of nitrogens with zero attached hydrogens (tertiary/aromatic N) is 2. The monoisotopic (exact) mass is 303 g/mol. The van der Waals surface area contributed by atoms with Crippen LogP contribution in [0.4, 0.5) is 4.79 Å². The number of hydrogen-bond acceptors (Lipinski definition) is 4. The van der Waals surface area contributed by atoms with Crippen LogP contribution >= 0.6 is 11.8 Å². The SMILES string of the molecule is CSCC[C@@H](NC(=O)N1CCN(C(C)=O)CC1)C(=O)O. The van der Waals surface area contributed by atoms with Gasteiger partial charge in [0.15, 0.2) is 0 Å². The molecule has 1 aliphatic rings. The Morgan fingerprint density at radius 1 is 1.20 bits per heavy atom. The van der Waals surface area contributed by atoms with Crippen LogP contribution in [0.15, 0.2) is 0 Å². The summed E-state index contributed by atoms with van der Waals surface area (Å²) in [6, 6.07) is -1.23. The number of carbonyl (C=O) groups is 3. The number of piperazine rings is 1. The highest BCUT2D eigenvalue weighted by Crippen LogP contribution is 2.05. The van der Waals surface area contributed by atoms with Crippen molar-refractivity contribution in [3.05, 3.63) is 0 Å². The maximum atomic E-state index is 12.0. The number of carbonyl (C=O) groups excluding carboxylic acids is 2. The molecule has 0 saturated carbocycles. The molecule has 1 saturated heterocycles. The molecule has 0 aromatic carbocycles. The van der Waals surface area contributed by atoms with Gasteiger partial charge in [-0.05, 0) is 18.4 Å². The number of thioether (sulfide) groups is 1. The Morgan fingerprint density at radius 2 is 1.75 bits per heavy atom. The first-order chi connectivity index (χ1) is 9.45. The summed E-state index contributed by atoms with van der Waals surface area (Å²) >= 11 is 1.54. The number of hydrogen-bond donors (Lipinski definition) is 2. The molecule has 7 nitrogen and oxygen atoms in total. The van der Waals surface area contributed by atoms with Gasteiger partial charge in [-0.3, -0.25) is 4.79 Å². The van der Waals surface area contributed by atoms with Gasteiger partial charge in [-0.1, -0.05) is 0 Å². The zero-order valence-corrected chi connectivity index (χ0v) is 12.6. The van der Waals surface area contributed by atoms with Crippen molar-refractivity contribution in [1.29, 1.82) is 0 Å². The van der Waals surface area contributed by atoms with Crippen molar-refractivity contribution in [2.45, 2.75) is 19.4 Å². The zero-order valence-electron chi connectivity index (χ0n) is 11.8. The van der Waals surface area contributed by atoms with Gasteiger partial charge in [0, 0.05) is 33.1 Å². The minimum absolute atomic E-state index is 0.00607. The van der Waals surface area contributed by atoms with E-state index in [9.17, 15) is 14.4 Å². The second kappa shape index (κ2) is 7.98. The van der Waals surface area contributed by atoms with Gasteiger partial charge in [-0.25, -0.2) is 9.59 Å². The lowest BCUT2D eigenvalue weighted by Gasteiger charge is -2.34. The largest absolute Gasteiger partial charge is 0.480 e. The predicted molar refractivity (Wildman–Crippen MR) is 76.8 cm³/mol. The smallest absolute Gasteiger partial charge is 0.326 e. The summed E-state index contributed by atoms with van der Waals surface area (Å²) in [7, 11) is 0. The molecule has 2 N–H and O–H groups in total. The zero-order chi connectivity index (χ0) is 15.1. The maximum absolute atomic E-state index is 12.0. The molecule has 1 heterocycles. The molecule has 0 aromatic heterocycles. The van der Waals surface area contributed by atoms with E-state index in [1.807, 2.05) is 6.26 Å². The van der Waals surface area contributed by atoms with Gasteiger partial charge < -0.3 is 20.2 Å². The second-order valence-corrected chi connectivity index (χ2v) is 5.60. The van der Waals surface area contributed by atoms with E-state index in [2.05, 4.69) is 5.32 Å². The Hall–Kier alpha value is -1.44. The van der Waals surface area contributed by atoms with Crippen LogP contribution in [0.2, 0.25) is 0 Å². The van der Waals surface area contributed by atoms with Gasteiger partial charge in [-0.15, -0.1) is 0 Å². The summed E-state index contributed by atoms with van der Waals surface area (Å²) in [5.41, 5.74) is 0. The van der Waals surface area contributed by atoms with Crippen LogP contribution in [-0.2, 0) is 9.59 Å². The fourth-order valence-electron chi connectivity index (χ4n) is 1.96. The third-order valence-electron chi connectivity index (χ3n) is 3.22. The molecule has 0 unspecified atom stereocenters. The highest BCUT2D eigenvalue weighted by Gasteiger charge is 2.26. The number of rotatable bonds is 5. The normalized spacial score (nSPS) is 16.7. The average molecular weight is 303 g/mol. The van der Waals surface area contributed by atoms with Gasteiger partial charge in [0.25, 0.3) is 0 Å². The first kappa shape index (κ1) is 16.6.